The lowest BCUT2D eigenvalue weighted by atomic mass is 10.0. The van der Waals surface area contributed by atoms with Gasteiger partial charge in [-0.3, -0.25) is 4.98 Å². The molecule has 3 aromatic heterocycles. The van der Waals surface area contributed by atoms with Gasteiger partial charge in [0.15, 0.2) is 17.5 Å². The fourth-order valence-electron chi connectivity index (χ4n) is 7.46. The molecule has 0 unspecified atom stereocenters. The number of aromatic nitrogens is 5. The zero-order chi connectivity index (χ0) is 36.6. The lowest BCUT2D eigenvalue weighted by Crippen LogP contribution is -2.02. The molecule has 0 N–H and O–H groups in total. The Bertz CT molecular complexity index is 2790. The molecule has 5 heteroatoms. The zero-order valence-corrected chi connectivity index (χ0v) is 29.8. The molecule has 0 saturated carbocycles. The highest BCUT2D eigenvalue weighted by molar-refractivity contribution is 6.12. The number of pyridine rings is 1. The third kappa shape index (κ3) is 6.04. The van der Waals surface area contributed by atoms with Crippen molar-refractivity contribution in [3.05, 3.63) is 200 Å². The van der Waals surface area contributed by atoms with Gasteiger partial charge in [-0.05, 0) is 58.7 Å². The monoisotopic (exact) mass is 703 g/mol. The number of rotatable bonds is 7. The fourth-order valence-corrected chi connectivity index (χ4v) is 7.46. The Hall–Kier alpha value is -7.50. The summed E-state index contributed by atoms with van der Waals surface area (Å²) >= 11 is 0. The molecule has 0 amide bonds. The lowest BCUT2D eigenvalue weighted by molar-refractivity contribution is 1.07. The van der Waals surface area contributed by atoms with E-state index in [1.54, 1.807) is 0 Å². The second kappa shape index (κ2) is 13.8. The number of hydrogen-bond acceptors (Lipinski definition) is 4. The first-order valence-electron chi connectivity index (χ1n) is 18.4. The summed E-state index contributed by atoms with van der Waals surface area (Å²) in [5.41, 5.74) is 12.7. The molecule has 0 bridgehead atoms. The summed E-state index contributed by atoms with van der Waals surface area (Å²) in [5.74, 6) is 1.85. The van der Waals surface area contributed by atoms with Gasteiger partial charge in [-0.1, -0.05) is 152 Å². The zero-order valence-electron chi connectivity index (χ0n) is 29.8. The minimum absolute atomic E-state index is 0.602. The quantitative estimate of drug-likeness (QED) is 0.166. The molecule has 0 aliphatic heterocycles. The van der Waals surface area contributed by atoms with Gasteiger partial charge in [0.2, 0.25) is 0 Å². The predicted molar refractivity (Wildman–Crippen MR) is 225 cm³/mol. The Balaban J connectivity index is 1.25. The van der Waals surface area contributed by atoms with Gasteiger partial charge in [0.25, 0.3) is 0 Å². The summed E-state index contributed by atoms with van der Waals surface area (Å²) in [6.45, 7) is 0. The Labute approximate surface area is 318 Å². The van der Waals surface area contributed by atoms with Crippen LogP contribution < -0.4 is 0 Å². The predicted octanol–water partition coefficient (Wildman–Crippen LogP) is 12.4. The van der Waals surface area contributed by atoms with Crippen LogP contribution in [0.15, 0.2) is 200 Å². The second-order valence-electron chi connectivity index (χ2n) is 13.5. The van der Waals surface area contributed by atoms with Crippen molar-refractivity contribution in [1.29, 1.82) is 0 Å². The van der Waals surface area contributed by atoms with Gasteiger partial charge in [0.05, 0.1) is 16.7 Å². The van der Waals surface area contributed by atoms with Crippen LogP contribution in [0.4, 0.5) is 0 Å². The minimum atomic E-state index is 0.602. The van der Waals surface area contributed by atoms with E-state index in [0.29, 0.717) is 17.5 Å². The molecule has 3 heterocycles. The largest absolute Gasteiger partial charge is 0.309 e. The maximum absolute atomic E-state index is 5.10. The first-order valence-corrected chi connectivity index (χ1v) is 18.4. The molecule has 258 valence electrons. The van der Waals surface area contributed by atoms with Crippen molar-refractivity contribution in [1.82, 2.24) is 24.5 Å². The van der Waals surface area contributed by atoms with Crippen molar-refractivity contribution in [2.75, 3.05) is 0 Å². The molecule has 5 nitrogen and oxygen atoms in total. The highest BCUT2D eigenvalue weighted by Gasteiger charge is 2.20. The van der Waals surface area contributed by atoms with Crippen LogP contribution in [0, 0.1) is 0 Å². The summed E-state index contributed by atoms with van der Waals surface area (Å²) in [6, 6.07) is 65.6. The van der Waals surface area contributed by atoms with Crippen LogP contribution in [-0.2, 0) is 0 Å². The maximum Gasteiger partial charge on any atom is 0.164 e. The Morgan fingerprint density at radius 2 is 0.764 bits per heavy atom. The lowest BCUT2D eigenvalue weighted by Gasteiger charge is -2.16. The number of fused-ring (bicyclic) bond motifs is 3. The van der Waals surface area contributed by atoms with Crippen LogP contribution in [0.5, 0.6) is 0 Å². The van der Waals surface area contributed by atoms with E-state index in [9.17, 15) is 0 Å². The maximum atomic E-state index is 5.10. The van der Waals surface area contributed by atoms with Crippen LogP contribution in [0.25, 0.3) is 95.0 Å². The summed E-state index contributed by atoms with van der Waals surface area (Å²) in [5, 5.41) is 2.35. The highest BCUT2D eigenvalue weighted by atomic mass is 15.0. The van der Waals surface area contributed by atoms with E-state index in [4.69, 9.17) is 15.0 Å². The average Bonchev–Trinajstić information content (AvgIpc) is 3.60. The van der Waals surface area contributed by atoms with Crippen molar-refractivity contribution in [3.63, 3.8) is 0 Å². The van der Waals surface area contributed by atoms with Crippen LogP contribution in [0.2, 0.25) is 0 Å². The molecule has 0 fully saturated rings. The normalized spacial score (nSPS) is 11.3. The number of hydrogen-bond donors (Lipinski definition) is 0. The van der Waals surface area contributed by atoms with Crippen molar-refractivity contribution in [3.8, 4) is 73.2 Å². The molecular weight excluding hydrogens is 671 g/mol. The summed E-state index contributed by atoms with van der Waals surface area (Å²) in [7, 11) is 0. The van der Waals surface area contributed by atoms with Crippen LogP contribution in [0.1, 0.15) is 0 Å². The van der Waals surface area contributed by atoms with E-state index in [0.717, 1.165) is 44.5 Å². The summed E-state index contributed by atoms with van der Waals surface area (Å²) in [4.78, 5) is 19.7. The van der Waals surface area contributed by atoms with Gasteiger partial charge in [-0.2, -0.15) is 0 Å². The van der Waals surface area contributed by atoms with E-state index in [1.165, 1.54) is 33.0 Å². The molecule has 0 spiro atoms. The molecule has 0 saturated heterocycles. The Kier molecular flexibility index (Phi) is 8.08. The van der Waals surface area contributed by atoms with Crippen LogP contribution >= 0.6 is 0 Å². The first-order chi connectivity index (χ1) is 27.3. The molecule has 7 aromatic carbocycles. The molecule has 0 aliphatic rings. The third-order valence-corrected chi connectivity index (χ3v) is 10.1. The Morgan fingerprint density at radius 1 is 0.327 bits per heavy atom. The molecule has 10 aromatic rings. The van der Waals surface area contributed by atoms with Crippen molar-refractivity contribution in [2.24, 2.45) is 0 Å². The minimum Gasteiger partial charge on any atom is -0.309 e. The van der Waals surface area contributed by atoms with Gasteiger partial charge in [0.1, 0.15) is 0 Å². The molecule has 10 rings (SSSR count). The number of nitrogens with zero attached hydrogens (tertiary/aromatic N) is 5. The van der Waals surface area contributed by atoms with Crippen LogP contribution in [-0.4, -0.2) is 24.5 Å². The highest BCUT2D eigenvalue weighted by Crippen LogP contribution is 2.41. The van der Waals surface area contributed by atoms with E-state index in [1.807, 2.05) is 79.1 Å². The smallest absolute Gasteiger partial charge is 0.164 e. The second-order valence-corrected chi connectivity index (χ2v) is 13.5. The van der Waals surface area contributed by atoms with E-state index in [2.05, 4.69) is 131 Å². The molecule has 0 radical (unpaired) electrons. The molecule has 0 atom stereocenters. The van der Waals surface area contributed by atoms with Gasteiger partial charge in [-0.15, -0.1) is 0 Å². The van der Waals surface area contributed by atoms with E-state index >= 15 is 0 Å². The topological polar surface area (TPSA) is 56.5 Å². The number of benzene rings is 7. The van der Waals surface area contributed by atoms with Crippen LogP contribution in [0.3, 0.4) is 0 Å². The summed E-state index contributed by atoms with van der Waals surface area (Å²) < 4.78 is 2.39. The van der Waals surface area contributed by atoms with E-state index in [-0.39, 0.29) is 0 Å². The Morgan fingerprint density at radius 3 is 1.24 bits per heavy atom. The molecule has 0 aliphatic carbocycles. The standard InChI is InChI=1S/C50H33N5/c1-5-14-34(15-6-1)38-24-27-45-43(30-38)44-31-39(35-16-7-2-8-17-35)25-28-46(44)55(45)47-32-40(23-26-42(47)41-22-13-29-51-33-41)50-53-48(36-18-9-3-10-19-36)52-49(54-50)37-20-11-4-12-21-37/h1-33H. The average molecular weight is 704 g/mol. The third-order valence-electron chi connectivity index (χ3n) is 10.1. The van der Waals surface area contributed by atoms with Gasteiger partial charge in [-0.25, -0.2) is 15.0 Å². The van der Waals surface area contributed by atoms with Gasteiger partial charge >= 0.3 is 0 Å². The van der Waals surface area contributed by atoms with Crippen molar-refractivity contribution in [2.45, 2.75) is 0 Å². The SMILES string of the molecule is c1ccc(-c2ccc3c(c2)c2cc(-c4ccccc4)ccc2n3-c2cc(-c3nc(-c4ccccc4)nc(-c4ccccc4)n3)ccc2-c2cccnc2)cc1. The molecular formula is C50H33N5. The van der Waals surface area contributed by atoms with E-state index < -0.39 is 0 Å². The van der Waals surface area contributed by atoms with Gasteiger partial charge < -0.3 is 4.57 Å². The van der Waals surface area contributed by atoms with Crippen molar-refractivity contribution < 1.29 is 0 Å². The van der Waals surface area contributed by atoms with Crippen molar-refractivity contribution >= 4 is 21.8 Å². The van der Waals surface area contributed by atoms with Gasteiger partial charge in [0, 0.05) is 51.0 Å². The summed E-state index contributed by atoms with van der Waals surface area (Å²) in [6.07, 6.45) is 3.74. The molecule has 55 heavy (non-hydrogen) atoms. The fraction of sp³-hybridized carbons (Fsp3) is 0. The first kappa shape index (κ1) is 32.2.